The molecule has 0 atom stereocenters. The minimum absolute atomic E-state index is 0. The summed E-state index contributed by atoms with van der Waals surface area (Å²) in [4.78, 5) is 53.4. The van der Waals surface area contributed by atoms with Gasteiger partial charge < -0.3 is 40.9 Å². The third kappa shape index (κ3) is 25.5. The lowest BCUT2D eigenvalue weighted by atomic mass is 9.99. The maximum absolute atomic E-state index is 11.3. The minimum Gasteiger partial charge on any atom is -0.399 e. The summed E-state index contributed by atoms with van der Waals surface area (Å²) in [7, 11) is 15.6. The molecule has 8 rings (SSSR count). The molecule has 78 heavy (non-hydrogen) atoms. The van der Waals surface area contributed by atoms with E-state index < -0.39 is 5.81 Å². The Morgan fingerprint density at radius 1 is 0.551 bits per heavy atom. The highest BCUT2D eigenvalue weighted by Gasteiger charge is 2.26. The molecule has 12 nitrogen and oxygen atoms in total. The van der Waals surface area contributed by atoms with Crippen molar-refractivity contribution in [2.45, 2.75) is 140 Å². The summed E-state index contributed by atoms with van der Waals surface area (Å²) < 4.78 is 0. The van der Waals surface area contributed by atoms with Crippen LogP contribution in [0, 0.1) is 27.7 Å². The second-order valence-electron chi connectivity index (χ2n) is 21.0. The van der Waals surface area contributed by atoms with Crippen molar-refractivity contribution in [1.82, 2.24) is 20.0 Å². The second kappa shape index (κ2) is 36.1. The van der Waals surface area contributed by atoms with E-state index >= 15 is 0 Å². The molecule has 4 fully saturated rings. The van der Waals surface area contributed by atoms with Gasteiger partial charge in [0, 0.05) is 108 Å². The average Bonchev–Trinajstić information content (AvgIpc) is 3.40. The first kappa shape index (κ1) is 67.9. The van der Waals surface area contributed by atoms with E-state index in [4.69, 9.17) is 29.3 Å². The molecule has 4 heterocycles. The monoisotopic (exact) mass is 1060 g/mol. The van der Waals surface area contributed by atoms with Crippen molar-refractivity contribution in [3.05, 3.63) is 143 Å². The van der Waals surface area contributed by atoms with Crippen LogP contribution in [0.2, 0.25) is 0 Å². The maximum Gasteiger partial charge on any atom is 0.200 e. The van der Waals surface area contributed by atoms with Crippen LogP contribution in [0.5, 0.6) is 0 Å². The molecular formula is C63H95B3N8O4. The normalized spacial score (nSPS) is 15.4. The van der Waals surface area contributed by atoms with Gasteiger partial charge in [-0.25, -0.2) is 0 Å². The SMILES string of the molecule is C.C.CC(C)=CCN(c1ccc(C)cc1)C1CCNCC1.Cc1ccc(N)cc1.[B]C(=O)N1CCC(=O)CC1.[B]C(=O)N1CCC(N(CC=C(C)C)c2ccc(C)cc2)CC1.[B]C(=O)N1CCC(Nc2ccc(C)cc2)CC1.[HH]. The molecule has 4 N–H and O–H groups in total. The molecule has 4 aromatic rings. The predicted molar refractivity (Wildman–Crippen MR) is 336 cm³/mol. The van der Waals surface area contributed by atoms with E-state index in [1.807, 2.05) is 31.2 Å². The molecule has 4 aromatic carbocycles. The first-order valence-corrected chi connectivity index (χ1v) is 27.2. The number of nitrogens with zero attached hydrogens (tertiary/aromatic N) is 5. The molecule has 0 aromatic heterocycles. The van der Waals surface area contributed by atoms with Crippen LogP contribution in [0.4, 0.5) is 37.1 Å². The number of likely N-dealkylation sites (tertiary alicyclic amines) is 3. The molecule has 0 unspecified atom stereocenters. The third-order valence-corrected chi connectivity index (χ3v) is 14.0. The van der Waals surface area contributed by atoms with Crippen LogP contribution in [0.25, 0.3) is 0 Å². The standard InChI is InChI=1S/C18H25BN2O.C17H26N2.C13H17BN2O.C7H9N.C6H8BNO2.2CH4.H2/c1-14(2)8-13-21(16-6-4-15(3)5-7-16)17-9-11-20(12-10-17)18(19)22;1-14(2)10-13-19(17-8-11-18-12-9-17)16-6-4-15(3)5-7-16;1-10-2-4-11(5-3-10)15-12-6-8-16(9-7-12)13(14)17;1-6-2-4-7(8)5-3-6;7-6(10)8-3-1-5(9)2-4-8;;;/h4-8,17H,9-13H2,1-3H3;4-7,10,17-18H,8-9,11-13H2,1-3H3;2-5,12,15H,6-9H2,1H3;2-5H,8H2,1H3;1-4H2;2*1H4;1H. The fourth-order valence-electron chi connectivity index (χ4n) is 9.15. The summed E-state index contributed by atoms with van der Waals surface area (Å²) >= 11 is 0. The van der Waals surface area contributed by atoms with Crippen LogP contribution in [-0.4, -0.2) is 145 Å². The van der Waals surface area contributed by atoms with Crippen molar-refractivity contribution in [3.8, 4) is 0 Å². The number of piperidine rings is 4. The summed E-state index contributed by atoms with van der Waals surface area (Å²) in [5.74, 6) is -0.812. The Labute approximate surface area is 476 Å². The van der Waals surface area contributed by atoms with Gasteiger partial charge in [-0.2, -0.15) is 0 Å². The summed E-state index contributed by atoms with van der Waals surface area (Å²) in [5.41, 5.74) is 17.8. The zero-order valence-electron chi connectivity index (χ0n) is 47.0. The van der Waals surface area contributed by atoms with E-state index in [-0.39, 0.29) is 33.7 Å². The highest BCUT2D eigenvalue weighted by Crippen LogP contribution is 2.26. The molecule has 420 valence electrons. The summed E-state index contributed by atoms with van der Waals surface area (Å²) in [5, 5.41) is 6.94. The number of hydrogen-bond acceptors (Lipinski definition) is 9. The number of amides is 3. The van der Waals surface area contributed by atoms with Crippen molar-refractivity contribution in [2.24, 2.45) is 0 Å². The van der Waals surface area contributed by atoms with Crippen LogP contribution in [0.1, 0.15) is 118 Å². The molecule has 0 bridgehead atoms. The van der Waals surface area contributed by atoms with Crippen LogP contribution in [0.15, 0.2) is 120 Å². The lowest BCUT2D eigenvalue weighted by Gasteiger charge is -2.39. The highest BCUT2D eigenvalue weighted by atomic mass is 16.2. The largest absolute Gasteiger partial charge is 0.399 e. The van der Waals surface area contributed by atoms with Crippen molar-refractivity contribution >= 4 is 69.5 Å². The number of benzene rings is 4. The molecule has 4 saturated heterocycles. The van der Waals surface area contributed by atoms with E-state index in [1.54, 1.807) is 9.80 Å². The Bertz CT molecular complexity index is 2400. The molecule has 3 amide bonds. The topological polar surface area (TPSA) is 135 Å². The Balaban J connectivity index is 0.000000507. The number of nitrogens with one attached hydrogen (secondary N) is 2. The number of nitrogen functional groups attached to an aromatic ring is 1. The predicted octanol–water partition coefficient (Wildman–Crippen LogP) is 12.2. The van der Waals surface area contributed by atoms with Crippen molar-refractivity contribution in [2.75, 3.05) is 86.3 Å². The molecule has 4 aliphatic heterocycles. The Hall–Kier alpha value is -6.21. The van der Waals surface area contributed by atoms with Crippen LogP contribution in [-0.2, 0) is 4.79 Å². The quantitative estimate of drug-likeness (QED) is 0.0806. The van der Waals surface area contributed by atoms with Gasteiger partial charge in [-0.05, 0) is 156 Å². The van der Waals surface area contributed by atoms with Crippen molar-refractivity contribution < 1.29 is 20.6 Å². The van der Waals surface area contributed by atoms with Gasteiger partial charge in [0.2, 0.25) is 23.5 Å². The van der Waals surface area contributed by atoms with E-state index in [0.29, 0.717) is 44.1 Å². The number of Topliss-reactive ketones (excluding diaryl/α,β-unsaturated/α-hetero) is 1. The molecule has 0 aliphatic carbocycles. The smallest absolute Gasteiger partial charge is 0.200 e. The van der Waals surface area contributed by atoms with Gasteiger partial charge in [-0.1, -0.05) is 109 Å². The van der Waals surface area contributed by atoms with Gasteiger partial charge in [-0.3, -0.25) is 19.2 Å². The van der Waals surface area contributed by atoms with Crippen LogP contribution < -0.4 is 26.2 Å². The number of rotatable bonds is 10. The van der Waals surface area contributed by atoms with Gasteiger partial charge >= 0.3 is 0 Å². The number of aryl methyl sites for hydroxylation is 4. The van der Waals surface area contributed by atoms with Gasteiger partial charge in [0.05, 0.1) is 0 Å². The number of nitrogens with two attached hydrogens (primary N) is 1. The van der Waals surface area contributed by atoms with E-state index in [2.05, 4.69) is 154 Å². The first-order valence-electron chi connectivity index (χ1n) is 27.2. The lowest BCUT2D eigenvalue weighted by molar-refractivity contribution is -0.120. The number of allylic oxidation sites excluding steroid dienone is 2. The number of carbonyl (C=O) groups excluding carboxylic acids is 4. The van der Waals surface area contributed by atoms with Crippen molar-refractivity contribution in [1.29, 1.82) is 0 Å². The average molecular weight is 1060 g/mol. The molecule has 0 spiro atoms. The highest BCUT2D eigenvalue weighted by molar-refractivity contribution is 6.57. The number of ketones is 1. The van der Waals surface area contributed by atoms with Gasteiger partial charge in [-0.15, -0.1) is 0 Å². The third-order valence-electron chi connectivity index (χ3n) is 14.0. The van der Waals surface area contributed by atoms with Crippen LogP contribution >= 0.6 is 0 Å². The van der Waals surface area contributed by atoms with E-state index in [0.717, 1.165) is 89.4 Å². The Morgan fingerprint density at radius 2 is 0.885 bits per heavy atom. The molecular weight excluding hydrogens is 965 g/mol. The molecule has 6 radical (unpaired) electrons. The van der Waals surface area contributed by atoms with Gasteiger partial charge in [0.1, 0.15) is 5.78 Å². The molecule has 4 aliphatic rings. The van der Waals surface area contributed by atoms with Crippen molar-refractivity contribution in [3.63, 3.8) is 0 Å². The Kier molecular flexibility index (Phi) is 31.4. The van der Waals surface area contributed by atoms with Crippen LogP contribution in [0.3, 0.4) is 0 Å². The maximum atomic E-state index is 11.3. The summed E-state index contributed by atoms with van der Waals surface area (Å²) in [6, 6.07) is 35.4. The summed E-state index contributed by atoms with van der Waals surface area (Å²) in [6.45, 7) is 25.2. The van der Waals surface area contributed by atoms with E-state index in [1.165, 1.54) is 62.5 Å². The summed E-state index contributed by atoms with van der Waals surface area (Å²) in [6.07, 6.45) is 11.8. The van der Waals surface area contributed by atoms with Gasteiger partial charge in [0.25, 0.3) is 0 Å². The first-order chi connectivity index (χ1) is 36.3. The zero-order valence-corrected chi connectivity index (χ0v) is 47.0. The van der Waals surface area contributed by atoms with E-state index in [9.17, 15) is 19.2 Å². The number of anilines is 4. The molecule has 15 heteroatoms. The minimum atomic E-state index is -0.424. The fourth-order valence-corrected chi connectivity index (χ4v) is 9.15. The fraction of sp³-hybridized carbons (Fsp3) is 0.492. The van der Waals surface area contributed by atoms with Gasteiger partial charge in [0.15, 0.2) is 17.4 Å². The lowest BCUT2D eigenvalue weighted by Crippen LogP contribution is -2.46. The number of carbonyl (C=O) groups is 4. The Morgan fingerprint density at radius 3 is 1.24 bits per heavy atom. The zero-order chi connectivity index (χ0) is 55.6. The number of hydrogen-bond donors (Lipinski definition) is 3. The second-order valence-corrected chi connectivity index (χ2v) is 21.0. The molecule has 0 saturated carbocycles.